The van der Waals surface area contributed by atoms with Crippen LogP contribution in [0.3, 0.4) is 0 Å². The molecule has 1 aliphatic carbocycles. The highest BCUT2D eigenvalue weighted by molar-refractivity contribution is 5.96. The number of H-pyrrole nitrogens is 1. The lowest BCUT2D eigenvalue weighted by Gasteiger charge is -2.39. The summed E-state index contributed by atoms with van der Waals surface area (Å²) in [5, 5.41) is 11.4. The first-order valence-electron chi connectivity index (χ1n) is 8.97. The van der Waals surface area contributed by atoms with Crippen LogP contribution in [0.15, 0.2) is 35.1 Å². The number of hydrogen-bond donors (Lipinski definition) is 2. The average Bonchev–Trinajstić information content (AvgIpc) is 3.07. The van der Waals surface area contributed by atoms with Gasteiger partial charge in [-0.3, -0.25) is 14.5 Å². The summed E-state index contributed by atoms with van der Waals surface area (Å²) >= 11 is 0. The molecule has 2 heterocycles. The molecule has 2 fully saturated rings. The molecule has 1 amide bonds. The van der Waals surface area contributed by atoms with Crippen molar-refractivity contribution < 1.29 is 9.90 Å². The minimum absolute atomic E-state index is 0.130. The lowest BCUT2D eigenvalue weighted by atomic mass is 10.1. The van der Waals surface area contributed by atoms with E-state index in [9.17, 15) is 14.7 Å². The number of benzene rings is 1. The molecule has 0 radical (unpaired) electrons. The Hall–Kier alpha value is -2.18. The summed E-state index contributed by atoms with van der Waals surface area (Å²) in [6.07, 6.45) is 2.75. The molecule has 0 unspecified atom stereocenters. The number of nitrogens with zero attached hydrogens (tertiary/aromatic N) is 2. The summed E-state index contributed by atoms with van der Waals surface area (Å²) < 4.78 is 0. The molecule has 1 aromatic carbocycles. The monoisotopic (exact) mass is 341 g/mol. The minimum atomic E-state index is -0.237. The number of nitrogens with one attached hydrogen (secondary N) is 1. The topological polar surface area (TPSA) is 76.6 Å². The van der Waals surface area contributed by atoms with Gasteiger partial charge in [-0.1, -0.05) is 18.2 Å². The number of fused-ring (bicyclic) bond motifs is 1. The van der Waals surface area contributed by atoms with Crippen molar-refractivity contribution in [3.8, 4) is 0 Å². The molecule has 0 spiro atoms. The Bertz CT molecular complexity index is 839. The number of carbonyl (C=O) groups is 1. The van der Waals surface area contributed by atoms with Gasteiger partial charge in [0.2, 0.25) is 0 Å². The van der Waals surface area contributed by atoms with Gasteiger partial charge in [-0.2, -0.15) is 0 Å². The fourth-order valence-corrected chi connectivity index (χ4v) is 4.10. The second-order valence-corrected chi connectivity index (χ2v) is 6.99. The van der Waals surface area contributed by atoms with Crippen molar-refractivity contribution in [3.05, 3.63) is 46.4 Å². The van der Waals surface area contributed by atoms with Crippen molar-refractivity contribution in [1.29, 1.82) is 0 Å². The number of carbonyl (C=O) groups excluding carboxylic acids is 1. The van der Waals surface area contributed by atoms with E-state index in [2.05, 4.69) is 9.88 Å². The second-order valence-electron chi connectivity index (χ2n) is 6.99. The van der Waals surface area contributed by atoms with Gasteiger partial charge in [0, 0.05) is 37.6 Å². The fraction of sp³-hybridized carbons (Fsp3) is 0.474. The van der Waals surface area contributed by atoms with Crippen molar-refractivity contribution in [3.63, 3.8) is 0 Å². The number of aromatic nitrogens is 1. The molecular weight excluding hydrogens is 318 g/mol. The molecule has 25 heavy (non-hydrogen) atoms. The van der Waals surface area contributed by atoms with Crippen molar-refractivity contribution in [2.45, 2.75) is 31.4 Å². The lowest BCUT2D eigenvalue weighted by molar-refractivity contribution is 0.0313. The fourth-order valence-electron chi connectivity index (χ4n) is 4.10. The van der Waals surface area contributed by atoms with E-state index in [1.165, 1.54) is 0 Å². The molecule has 1 aromatic heterocycles. The van der Waals surface area contributed by atoms with Crippen LogP contribution in [0.5, 0.6) is 0 Å². The summed E-state index contributed by atoms with van der Waals surface area (Å²) in [5.74, 6) is -0.130. The number of aliphatic hydroxyl groups is 1. The number of piperazine rings is 1. The molecule has 6 nitrogen and oxygen atoms in total. The van der Waals surface area contributed by atoms with Gasteiger partial charge < -0.3 is 15.0 Å². The Kier molecular flexibility index (Phi) is 4.31. The first-order valence-corrected chi connectivity index (χ1v) is 8.97. The van der Waals surface area contributed by atoms with Crippen molar-refractivity contribution in [2.75, 3.05) is 26.2 Å². The van der Waals surface area contributed by atoms with Crippen LogP contribution in [0, 0.1) is 0 Å². The molecule has 2 aromatic rings. The van der Waals surface area contributed by atoms with Gasteiger partial charge in [-0.25, -0.2) is 0 Å². The van der Waals surface area contributed by atoms with Crippen LogP contribution in [0.25, 0.3) is 10.8 Å². The third-order valence-corrected chi connectivity index (χ3v) is 5.50. The smallest absolute Gasteiger partial charge is 0.270 e. The Morgan fingerprint density at radius 2 is 1.88 bits per heavy atom. The normalized spacial score (nSPS) is 24.8. The van der Waals surface area contributed by atoms with Gasteiger partial charge in [0.15, 0.2) is 0 Å². The molecule has 132 valence electrons. The zero-order chi connectivity index (χ0) is 17.4. The predicted octanol–water partition coefficient (Wildman–Crippen LogP) is 1.20. The van der Waals surface area contributed by atoms with E-state index in [1.54, 1.807) is 17.0 Å². The van der Waals surface area contributed by atoms with Gasteiger partial charge in [0.25, 0.3) is 11.5 Å². The van der Waals surface area contributed by atoms with Crippen LogP contribution in [0.1, 0.15) is 29.8 Å². The number of hydrogen-bond acceptors (Lipinski definition) is 4. The number of aromatic amines is 1. The van der Waals surface area contributed by atoms with E-state index in [1.807, 2.05) is 18.2 Å². The highest BCUT2D eigenvalue weighted by Crippen LogP contribution is 2.25. The Morgan fingerprint density at radius 1 is 1.12 bits per heavy atom. The summed E-state index contributed by atoms with van der Waals surface area (Å²) in [4.78, 5) is 31.8. The van der Waals surface area contributed by atoms with Crippen LogP contribution >= 0.6 is 0 Å². The van der Waals surface area contributed by atoms with E-state index >= 15 is 0 Å². The largest absolute Gasteiger partial charge is 0.391 e. The Balaban J connectivity index is 1.48. The van der Waals surface area contributed by atoms with Crippen molar-refractivity contribution >= 4 is 16.7 Å². The van der Waals surface area contributed by atoms with Gasteiger partial charge in [0.1, 0.15) is 5.69 Å². The van der Waals surface area contributed by atoms with E-state index in [4.69, 9.17) is 0 Å². The van der Waals surface area contributed by atoms with Crippen LogP contribution in [-0.2, 0) is 0 Å². The molecule has 1 aliphatic heterocycles. The second kappa shape index (κ2) is 6.61. The van der Waals surface area contributed by atoms with Crippen LogP contribution in [-0.4, -0.2) is 64.1 Å². The van der Waals surface area contributed by atoms with Gasteiger partial charge >= 0.3 is 0 Å². The average molecular weight is 341 g/mol. The quantitative estimate of drug-likeness (QED) is 0.861. The zero-order valence-corrected chi connectivity index (χ0v) is 14.1. The molecular formula is C19H23N3O3. The minimum Gasteiger partial charge on any atom is -0.391 e. The molecule has 1 saturated carbocycles. The molecule has 2 N–H and O–H groups in total. The molecule has 4 rings (SSSR count). The number of rotatable bonds is 2. The first kappa shape index (κ1) is 16.3. The third-order valence-electron chi connectivity index (χ3n) is 5.50. The molecule has 6 heteroatoms. The molecule has 2 atom stereocenters. The SMILES string of the molecule is O=C(c1cc2ccccc2c(=O)[nH]1)N1CCN([C@H]2CCC[C@H]2O)CC1. The molecule has 1 saturated heterocycles. The summed E-state index contributed by atoms with van der Waals surface area (Å²) in [6, 6.07) is 9.27. The predicted molar refractivity (Wildman–Crippen MR) is 95.7 cm³/mol. The third kappa shape index (κ3) is 3.07. The van der Waals surface area contributed by atoms with Gasteiger partial charge in [-0.05, 0) is 36.8 Å². The highest BCUT2D eigenvalue weighted by atomic mass is 16.3. The zero-order valence-electron chi connectivity index (χ0n) is 14.1. The van der Waals surface area contributed by atoms with E-state index in [0.717, 1.165) is 37.7 Å². The van der Waals surface area contributed by atoms with Crippen LogP contribution < -0.4 is 5.56 Å². The number of amides is 1. The molecule has 2 aliphatic rings. The van der Waals surface area contributed by atoms with Crippen molar-refractivity contribution in [2.24, 2.45) is 0 Å². The molecule has 0 bridgehead atoms. The van der Waals surface area contributed by atoms with E-state index < -0.39 is 0 Å². The van der Waals surface area contributed by atoms with E-state index in [-0.39, 0.29) is 23.6 Å². The Labute approximate surface area is 146 Å². The summed E-state index contributed by atoms with van der Waals surface area (Å²) in [7, 11) is 0. The maximum Gasteiger partial charge on any atom is 0.270 e. The standard InChI is InChI=1S/C19H23N3O3/c23-17-7-3-6-16(17)21-8-10-22(11-9-21)19(25)15-12-13-4-1-2-5-14(13)18(24)20-15/h1-2,4-5,12,16-17,23H,3,6-11H2,(H,20,24)/t16-,17+/m0/s1. The van der Waals surface area contributed by atoms with Crippen molar-refractivity contribution in [1.82, 2.24) is 14.8 Å². The van der Waals surface area contributed by atoms with Gasteiger partial charge in [0.05, 0.1) is 6.10 Å². The maximum absolute atomic E-state index is 12.8. The van der Waals surface area contributed by atoms with Crippen LogP contribution in [0.2, 0.25) is 0 Å². The lowest BCUT2D eigenvalue weighted by Crippen LogP contribution is -2.53. The van der Waals surface area contributed by atoms with E-state index in [0.29, 0.717) is 24.2 Å². The summed E-state index contributed by atoms with van der Waals surface area (Å²) in [5.41, 5.74) is 0.118. The number of pyridine rings is 1. The Morgan fingerprint density at radius 3 is 2.60 bits per heavy atom. The first-order chi connectivity index (χ1) is 12.1. The number of aliphatic hydroxyl groups excluding tert-OH is 1. The van der Waals surface area contributed by atoms with Crippen LogP contribution in [0.4, 0.5) is 0 Å². The van der Waals surface area contributed by atoms with Gasteiger partial charge in [-0.15, -0.1) is 0 Å². The maximum atomic E-state index is 12.8. The highest BCUT2D eigenvalue weighted by Gasteiger charge is 2.33. The summed E-state index contributed by atoms with van der Waals surface area (Å²) in [6.45, 7) is 2.78.